The number of aliphatic imine (C=N–C) groups is 1. The van der Waals surface area contributed by atoms with E-state index in [1.807, 2.05) is 44.2 Å². The second-order valence-electron chi connectivity index (χ2n) is 7.87. The third kappa shape index (κ3) is 7.80. The molecule has 3 unspecified atom stereocenters. The van der Waals surface area contributed by atoms with Gasteiger partial charge in [-0.15, -0.1) is 0 Å². The first-order valence-electron chi connectivity index (χ1n) is 12.4. The van der Waals surface area contributed by atoms with E-state index in [1.165, 1.54) is 0 Å². The Balaban J connectivity index is 0.00000235. The molecular formula is C27H36FN3O6. The van der Waals surface area contributed by atoms with Crippen LogP contribution in [0.1, 0.15) is 39.7 Å². The maximum atomic E-state index is 14.2. The van der Waals surface area contributed by atoms with E-state index in [1.54, 1.807) is 32.2 Å². The van der Waals surface area contributed by atoms with Crippen LogP contribution in [0.4, 0.5) is 4.39 Å². The molecule has 3 rings (SSSR count). The molecule has 0 amide bonds. The van der Waals surface area contributed by atoms with Gasteiger partial charge >= 0.3 is 11.9 Å². The van der Waals surface area contributed by atoms with Crippen LogP contribution in [0.2, 0.25) is 0 Å². The van der Waals surface area contributed by atoms with Gasteiger partial charge in [-0.2, -0.15) is 0 Å². The zero-order valence-electron chi connectivity index (χ0n) is 21.8. The van der Waals surface area contributed by atoms with Gasteiger partial charge in [-0.25, -0.2) is 19.0 Å². The highest BCUT2D eigenvalue weighted by molar-refractivity contribution is 6.04. The van der Waals surface area contributed by atoms with E-state index in [9.17, 15) is 14.0 Å². The summed E-state index contributed by atoms with van der Waals surface area (Å²) in [5.74, 6) is -1.78. The van der Waals surface area contributed by atoms with Gasteiger partial charge in [-0.3, -0.25) is 4.98 Å². The molecule has 0 saturated carbocycles. The van der Waals surface area contributed by atoms with Crippen LogP contribution in [0.3, 0.4) is 0 Å². The van der Waals surface area contributed by atoms with E-state index in [-0.39, 0.29) is 32.7 Å². The van der Waals surface area contributed by atoms with Gasteiger partial charge in [0.1, 0.15) is 6.17 Å². The Hall–Kier alpha value is -3.37. The standard InChI is InChI=1S/C25H30FN3O6.C2H6/c1-3-32-23(30)25(24(31)33-4-2,34-15-19-13-20(26)22(35-19)29-16-27)14-17-8-10-18(11-9-17)21-7-5-6-12-28-21;1-2/h5-12,16,19-20,22H,3-4,13-15H2,1-2H3,(H2,27,29);1-2H3. The van der Waals surface area contributed by atoms with Gasteiger partial charge in [0.25, 0.3) is 5.60 Å². The quantitative estimate of drug-likeness (QED) is 0.207. The number of carbonyl (C=O) groups is 2. The molecule has 0 aliphatic carbocycles. The fraction of sp³-hybridized carbons (Fsp3) is 0.481. The lowest BCUT2D eigenvalue weighted by molar-refractivity contribution is -0.194. The predicted molar refractivity (Wildman–Crippen MR) is 138 cm³/mol. The SMILES string of the molecule is CC.CCOC(=O)C(Cc1ccc(-c2ccccn2)cc1)(OCC1CC(F)C(/N=C/N)O1)C(=O)OCC. The van der Waals surface area contributed by atoms with Crippen molar-refractivity contribution in [2.24, 2.45) is 10.7 Å². The first-order chi connectivity index (χ1) is 17.9. The monoisotopic (exact) mass is 517 g/mol. The number of rotatable bonds is 11. The second kappa shape index (κ2) is 15.0. The molecular weight excluding hydrogens is 481 g/mol. The molecule has 1 aromatic heterocycles. The highest BCUT2D eigenvalue weighted by atomic mass is 19.1. The average molecular weight is 518 g/mol. The van der Waals surface area contributed by atoms with Gasteiger partial charge in [0.05, 0.1) is 38.0 Å². The van der Waals surface area contributed by atoms with Gasteiger partial charge in [0.2, 0.25) is 0 Å². The average Bonchev–Trinajstić information content (AvgIpc) is 3.28. The summed E-state index contributed by atoms with van der Waals surface area (Å²) < 4.78 is 36.0. The fourth-order valence-electron chi connectivity index (χ4n) is 3.77. The van der Waals surface area contributed by atoms with E-state index in [2.05, 4.69) is 9.98 Å². The number of halogens is 1. The molecule has 2 aromatic rings. The maximum Gasteiger partial charge on any atom is 0.350 e. The molecule has 2 N–H and O–H groups in total. The first-order valence-corrected chi connectivity index (χ1v) is 12.4. The smallest absolute Gasteiger partial charge is 0.350 e. The summed E-state index contributed by atoms with van der Waals surface area (Å²) in [5.41, 5.74) is 5.43. The molecule has 1 saturated heterocycles. The summed E-state index contributed by atoms with van der Waals surface area (Å²) >= 11 is 0. The Bertz CT molecular complexity index is 985. The molecule has 0 bridgehead atoms. The number of hydrogen-bond acceptors (Lipinski definition) is 8. The minimum Gasteiger partial charge on any atom is -0.463 e. The Morgan fingerprint density at radius 1 is 1.14 bits per heavy atom. The highest BCUT2D eigenvalue weighted by Crippen LogP contribution is 2.29. The van der Waals surface area contributed by atoms with Crippen molar-refractivity contribution in [3.8, 4) is 11.3 Å². The van der Waals surface area contributed by atoms with Gasteiger partial charge < -0.3 is 24.7 Å². The van der Waals surface area contributed by atoms with E-state index >= 15 is 0 Å². The van der Waals surface area contributed by atoms with Crippen LogP contribution < -0.4 is 5.73 Å². The van der Waals surface area contributed by atoms with E-state index < -0.39 is 36.0 Å². The number of hydrogen-bond donors (Lipinski definition) is 1. The number of pyridine rings is 1. The summed E-state index contributed by atoms with van der Waals surface area (Å²) in [6, 6.07) is 12.8. The number of nitrogens with zero attached hydrogens (tertiary/aromatic N) is 2. The van der Waals surface area contributed by atoms with Crippen molar-refractivity contribution >= 4 is 18.3 Å². The number of aromatic nitrogens is 1. The molecule has 0 spiro atoms. The fourth-order valence-corrected chi connectivity index (χ4v) is 3.77. The third-order valence-corrected chi connectivity index (χ3v) is 5.46. The number of carbonyl (C=O) groups excluding carboxylic acids is 2. The normalized spacial score (nSPS) is 19.2. The van der Waals surface area contributed by atoms with Crippen molar-refractivity contribution in [2.75, 3.05) is 19.8 Å². The Kier molecular flexibility index (Phi) is 12.1. The lowest BCUT2D eigenvalue weighted by atomic mass is 9.93. The van der Waals surface area contributed by atoms with Crippen LogP contribution >= 0.6 is 0 Å². The predicted octanol–water partition coefficient (Wildman–Crippen LogP) is 3.64. The molecule has 3 atom stereocenters. The second-order valence-corrected chi connectivity index (χ2v) is 7.87. The van der Waals surface area contributed by atoms with Gasteiger partial charge in [-0.05, 0) is 31.5 Å². The van der Waals surface area contributed by atoms with Crippen molar-refractivity contribution in [3.63, 3.8) is 0 Å². The summed E-state index contributed by atoms with van der Waals surface area (Å²) in [6.45, 7) is 7.06. The first kappa shape index (κ1) is 29.9. The summed E-state index contributed by atoms with van der Waals surface area (Å²) in [5, 5.41) is 0. The van der Waals surface area contributed by atoms with E-state index in [0.717, 1.165) is 17.6 Å². The Morgan fingerprint density at radius 2 is 1.78 bits per heavy atom. The van der Waals surface area contributed by atoms with E-state index in [0.29, 0.717) is 5.56 Å². The van der Waals surface area contributed by atoms with Gasteiger partial charge in [0, 0.05) is 24.6 Å². The Labute approximate surface area is 217 Å². The van der Waals surface area contributed by atoms with Crippen LogP contribution in [0.15, 0.2) is 53.7 Å². The van der Waals surface area contributed by atoms with Crippen LogP contribution in [0, 0.1) is 0 Å². The molecule has 1 aliphatic heterocycles. The van der Waals surface area contributed by atoms with Crippen molar-refractivity contribution in [1.29, 1.82) is 0 Å². The largest absolute Gasteiger partial charge is 0.463 e. The molecule has 202 valence electrons. The zero-order valence-corrected chi connectivity index (χ0v) is 21.8. The molecule has 2 heterocycles. The molecule has 1 aromatic carbocycles. The van der Waals surface area contributed by atoms with Crippen molar-refractivity contribution in [2.45, 2.75) is 64.6 Å². The van der Waals surface area contributed by atoms with Gasteiger partial charge in [0.15, 0.2) is 6.23 Å². The molecule has 1 fully saturated rings. The lowest BCUT2D eigenvalue weighted by Gasteiger charge is -2.30. The number of alkyl halides is 1. The topological polar surface area (TPSA) is 122 Å². The van der Waals surface area contributed by atoms with Crippen molar-refractivity contribution in [1.82, 2.24) is 4.98 Å². The van der Waals surface area contributed by atoms with Crippen molar-refractivity contribution < 1.29 is 32.9 Å². The highest BCUT2D eigenvalue weighted by Gasteiger charge is 2.51. The number of esters is 2. The maximum absolute atomic E-state index is 14.2. The minimum atomic E-state index is -2.09. The number of benzene rings is 1. The van der Waals surface area contributed by atoms with Crippen LogP contribution in [-0.4, -0.2) is 67.2 Å². The van der Waals surface area contributed by atoms with Crippen LogP contribution in [-0.2, 0) is 35.0 Å². The lowest BCUT2D eigenvalue weighted by Crippen LogP contribution is -2.54. The molecule has 10 heteroatoms. The summed E-state index contributed by atoms with van der Waals surface area (Å²) in [7, 11) is 0. The van der Waals surface area contributed by atoms with Crippen LogP contribution in [0.5, 0.6) is 0 Å². The van der Waals surface area contributed by atoms with Crippen LogP contribution in [0.25, 0.3) is 11.3 Å². The molecule has 37 heavy (non-hydrogen) atoms. The van der Waals surface area contributed by atoms with Gasteiger partial charge in [-0.1, -0.05) is 44.2 Å². The molecule has 0 radical (unpaired) electrons. The molecule has 1 aliphatic rings. The zero-order chi connectivity index (χ0) is 27.3. The summed E-state index contributed by atoms with van der Waals surface area (Å²) in [4.78, 5) is 34.3. The van der Waals surface area contributed by atoms with Crippen molar-refractivity contribution in [3.05, 3.63) is 54.2 Å². The summed E-state index contributed by atoms with van der Waals surface area (Å²) in [6.07, 6.45) is -0.703. The molecule has 9 nitrogen and oxygen atoms in total. The van der Waals surface area contributed by atoms with E-state index in [4.69, 9.17) is 24.7 Å². The number of nitrogens with two attached hydrogens (primary N) is 1. The minimum absolute atomic E-state index is 0.0253. The Morgan fingerprint density at radius 3 is 2.32 bits per heavy atom. The third-order valence-electron chi connectivity index (χ3n) is 5.46. The number of ether oxygens (including phenoxy) is 4.